The topological polar surface area (TPSA) is 41.9 Å². The number of halogens is 1. The minimum Gasteiger partial charge on any atom is -0.345 e. The molecular weight excluding hydrogens is 299 g/mol. The lowest BCUT2D eigenvalue weighted by atomic mass is 10.1. The molecule has 2 heterocycles. The second-order valence-corrected chi connectivity index (χ2v) is 6.00. The van der Waals surface area contributed by atoms with E-state index in [4.69, 9.17) is 0 Å². The molecule has 1 aromatic carbocycles. The number of benzene rings is 1. The summed E-state index contributed by atoms with van der Waals surface area (Å²) in [6.07, 6.45) is 1.73. The van der Waals surface area contributed by atoms with Crippen molar-refractivity contribution >= 4 is 16.5 Å². The molecular formula is C16H15FN4S. The van der Waals surface area contributed by atoms with Gasteiger partial charge in [0.05, 0.1) is 0 Å². The maximum absolute atomic E-state index is 13.6. The Morgan fingerprint density at radius 3 is 2.77 bits per heavy atom. The van der Waals surface area contributed by atoms with Crippen LogP contribution in [0.1, 0.15) is 11.1 Å². The van der Waals surface area contributed by atoms with Crippen LogP contribution in [0.25, 0.3) is 10.7 Å². The van der Waals surface area contributed by atoms with Gasteiger partial charge in [-0.2, -0.15) is 0 Å². The van der Waals surface area contributed by atoms with E-state index in [1.54, 1.807) is 25.3 Å². The first-order valence-electron chi connectivity index (χ1n) is 6.84. The number of hydrogen-bond donors (Lipinski definition) is 0. The number of anilines is 1. The van der Waals surface area contributed by atoms with Gasteiger partial charge < -0.3 is 4.90 Å². The van der Waals surface area contributed by atoms with Gasteiger partial charge in [0, 0.05) is 19.8 Å². The Kier molecular flexibility index (Phi) is 4.11. The molecule has 0 saturated heterocycles. The highest BCUT2D eigenvalue weighted by molar-refractivity contribution is 7.18. The van der Waals surface area contributed by atoms with Gasteiger partial charge in [0.1, 0.15) is 11.5 Å². The summed E-state index contributed by atoms with van der Waals surface area (Å²) in [5.41, 5.74) is 2.36. The highest BCUT2D eigenvalue weighted by Crippen LogP contribution is 2.27. The molecule has 4 nitrogen and oxygen atoms in total. The molecule has 112 valence electrons. The van der Waals surface area contributed by atoms with Crippen LogP contribution in [0.4, 0.5) is 9.52 Å². The van der Waals surface area contributed by atoms with Crippen LogP contribution in [-0.4, -0.2) is 22.2 Å². The molecule has 0 bridgehead atoms. The number of aryl methyl sites for hydroxylation is 1. The summed E-state index contributed by atoms with van der Waals surface area (Å²) in [6.45, 7) is 2.33. The number of pyridine rings is 1. The zero-order valence-electron chi connectivity index (χ0n) is 12.3. The van der Waals surface area contributed by atoms with Crippen molar-refractivity contribution in [3.63, 3.8) is 0 Å². The summed E-state index contributed by atoms with van der Waals surface area (Å²) in [4.78, 5) is 6.22. The predicted molar refractivity (Wildman–Crippen MR) is 86.4 cm³/mol. The first kappa shape index (κ1) is 14.6. The normalized spacial score (nSPS) is 10.7. The van der Waals surface area contributed by atoms with E-state index in [0.29, 0.717) is 12.1 Å². The molecule has 6 heteroatoms. The molecule has 0 aliphatic rings. The van der Waals surface area contributed by atoms with Gasteiger partial charge in [-0.1, -0.05) is 29.5 Å². The average molecular weight is 314 g/mol. The van der Waals surface area contributed by atoms with Gasteiger partial charge >= 0.3 is 0 Å². The first-order chi connectivity index (χ1) is 10.6. The molecule has 0 spiro atoms. The first-order valence-corrected chi connectivity index (χ1v) is 7.66. The molecule has 0 unspecified atom stereocenters. The molecule has 22 heavy (non-hydrogen) atoms. The lowest BCUT2D eigenvalue weighted by Crippen LogP contribution is -2.16. The van der Waals surface area contributed by atoms with Crippen LogP contribution in [0, 0.1) is 12.7 Å². The Morgan fingerprint density at radius 2 is 2.05 bits per heavy atom. The van der Waals surface area contributed by atoms with E-state index < -0.39 is 0 Å². The molecule has 0 saturated carbocycles. The van der Waals surface area contributed by atoms with Crippen molar-refractivity contribution in [2.45, 2.75) is 13.5 Å². The third-order valence-corrected chi connectivity index (χ3v) is 4.34. The molecule has 3 rings (SSSR count). The van der Waals surface area contributed by atoms with Crippen molar-refractivity contribution in [3.8, 4) is 10.7 Å². The lowest BCUT2D eigenvalue weighted by Gasteiger charge is -2.15. The van der Waals surface area contributed by atoms with Gasteiger partial charge in [-0.3, -0.25) is 4.98 Å². The standard InChI is InChI=1S/C16H15FN4S/c1-11-6-7-12(9-13(11)17)10-21(2)16-20-19-15(22-16)14-5-3-4-8-18-14/h3-9H,10H2,1-2H3. The molecule has 0 atom stereocenters. The number of aromatic nitrogens is 3. The molecule has 3 aromatic rings. The van der Waals surface area contributed by atoms with Crippen LogP contribution >= 0.6 is 11.3 Å². The van der Waals surface area contributed by atoms with Crippen LogP contribution in [0.15, 0.2) is 42.6 Å². The number of rotatable bonds is 4. The van der Waals surface area contributed by atoms with Crippen molar-refractivity contribution in [2.24, 2.45) is 0 Å². The van der Waals surface area contributed by atoms with Crippen LogP contribution < -0.4 is 4.90 Å². The Hall–Kier alpha value is -2.34. The Morgan fingerprint density at radius 1 is 1.18 bits per heavy atom. The van der Waals surface area contributed by atoms with Crippen molar-refractivity contribution in [2.75, 3.05) is 11.9 Å². The van der Waals surface area contributed by atoms with Crippen molar-refractivity contribution in [1.82, 2.24) is 15.2 Å². The van der Waals surface area contributed by atoms with E-state index in [0.717, 1.165) is 21.4 Å². The van der Waals surface area contributed by atoms with Gasteiger partial charge in [-0.25, -0.2) is 4.39 Å². The average Bonchev–Trinajstić information content (AvgIpc) is 3.02. The highest BCUT2D eigenvalue weighted by Gasteiger charge is 2.12. The monoisotopic (exact) mass is 314 g/mol. The van der Waals surface area contributed by atoms with Gasteiger partial charge in [0.25, 0.3) is 0 Å². The molecule has 0 aliphatic heterocycles. The molecule has 2 aromatic heterocycles. The fraction of sp³-hybridized carbons (Fsp3) is 0.188. The summed E-state index contributed by atoms with van der Waals surface area (Å²) >= 11 is 1.47. The zero-order chi connectivity index (χ0) is 15.5. The smallest absolute Gasteiger partial charge is 0.208 e. The van der Waals surface area contributed by atoms with Crippen molar-refractivity contribution in [1.29, 1.82) is 0 Å². The Balaban J connectivity index is 1.77. The second-order valence-electron chi connectivity index (χ2n) is 5.04. The molecule has 0 amide bonds. The minimum atomic E-state index is -0.183. The van der Waals surface area contributed by atoms with E-state index >= 15 is 0 Å². The molecule has 0 fully saturated rings. The van der Waals surface area contributed by atoms with E-state index in [-0.39, 0.29) is 5.82 Å². The molecule has 0 N–H and O–H groups in total. The summed E-state index contributed by atoms with van der Waals surface area (Å²) in [5.74, 6) is -0.183. The summed E-state index contributed by atoms with van der Waals surface area (Å²) in [5, 5.41) is 9.92. The molecule has 0 radical (unpaired) electrons. The van der Waals surface area contributed by atoms with Gasteiger partial charge in [-0.15, -0.1) is 10.2 Å². The predicted octanol–water partition coefficient (Wildman–Crippen LogP) is 3.68. The summed E-state index contributed by atoms with van der Waals surface area (Å²) in [6, 6.07) is 11.0. The fourth-order valence-electron chi connectivity index (χ4n) is 2.04. The number of nitrogens with zero attached hydrogens (tertiary/aromatic N) is 4. The van der Waals surface area contributed by atoms with Gasteiger partial charge in [-0.05, 0) is 36.2 Å². The van der Waals surface area contributed by atoms with E-state index in [1.165, 1.54) is 11.3 Å². The SMILES string of the molecule is Cc1ccc(CN(C)c2nnc(-c3ccccn3)s2)cc1F. The zero-order valence-corrected chi connectivity index (χ0v) is 13.1. The maximum Gasteiger partial charge on any atom is 0.208 e. The van der Waals surface area contributed by atoms with Crippen molar-refractivity contribution < 1.29 is 4.39 Å². The van der Waals surface area contributed by atoms with E-state index in [9.17, 15) is 4.39 Å². The van der Waals surface area contributed by atoms with Crippen LogP contribution in [0.3, 0.4) is 0 Å². The van der Waals surface area contributed by atoms with E-state index in [1.807, 2.05) is 36.2 Å². The Labute approximate surface area is 132 Å². The van der Waals surface area contributed by atoms with Gasteiger partial charge in [0.2, 0.25) is 5.13 Å². The third-order valence-electron chi connectivity index (χ3n) is 3.28. The largest absolute Gasteiger partial charge is 0.345 e. The van der Waals surface area contributed by atoms with E-state index in [2.05, 4.69) is 15.2 Å². The third kappa shape index (κ3) is 3.12. The van der Waals surface area contributed by atoms with Gasteiger partial charge in [0.15, 0.2) is 5.01 Å². The highest BCUT2D eigenvalue weighted by atomic mass is 32.1. The summed E-state index contributed by atoms with van der Waals surface area (Å²) < 4.78 is 13.6. The minimum absolute atomic E-state index is 0.183. The quantitative estimate of drug-likeness (QED) is 0.736. The molecule has 0 aliphatic carbocycles. The van der Waals surface area contributed by atoms with Crippen LogP contribution in [0.5, 0.6) is 0 Å². The fourth-order valence-corrected chi connectivity index (χ4v) is 2.82. The lowest BCUT2D eigenvalue weighted by molar-refractivity contribution is 0.615. The van der Waals surface area contributed by atoms with Crippen LogP contribution in [0.2, 0.25) is 0 Å². The number of hydrogen-bond acceptors (Lipinski definition) is 5. The second kappa shape index (κ2) is 6.19. The maximum atomic E-state index is 13.6. The van der Waals surface area contributed by atoms with Crippen molar-refractivity contribution in [3.05, 3.63) is 59.5 Å². The van der Waals surface area contributed by atoms with Crippen LogP contribution in [-0.2, 0) is 6.54 Å². The summed E-state index contributed by atoms with van der Waals surface area (Å²) in [7, 11) is 1.92. The Bertz CT molecular complexity index is 773.